The first-order valence-electron chi connectivity index (χ1n) is 5.30. The Hall–Kier alpha value is -2.37. The zero-order valence-corrected chi connectivity index (χ0v) is 9.93. The summed E-state index contributed by atoms with van der Waals surface area (Å²) in [4.78, 5) is 26.8. The molecule has 0 radical (unpaired) electrons. The Morgan fingerprint density at radius 1 is 1.56 bits per heavy atom. The van der Waals surface area contributed by atoms with Crippen molar-refractivity contribution >= 4 is 11.7 Å². The lowest BCUT2D eigenvalue weighted by atomic mass is 9.93. The summed E-state index contributed by atoms with van der Waals surface area (Å²) in [5.41, 5.74) is -0.863. The Kier molecular flexibility index (Phi) is 2.78. The van der Waals surface area contributed by atoms with Gasteiger partial charge in [0.05, 0.1) is 0 Å². The van der Waals surface area contributed by atoms with E-state index < -0.39 is 23.1 Å². The fraction of sp³-hybridized carbons (Fsp3) is 0.250. The minimum atomic E-state index is -1.36. The summed E-state index contributed by atoms with van der Waals surface area (Å²) in [6, 6.07) is 3.32. The summed E-state index contributed by atoms with van der Waals surface area (Å²) in [6.45, 7) is 2.77. The molecule has 2 rings (SSSR count). The van der Waals surface area contributed by atoms with Crippen LogP contribution in [0.2, 0.25) is 0 Å². The van der Waals surface area contributed by atoms with E-state index in [1.807, 2.05) is 0 Å². The van der Waals surface area contributed by atoms with Crippen LogP contribution in [0, 0.1) is 0 Å². The number of carbonyl (C=O) groups excluding carboxylic acids is 2. The van der Waals surface area contributed by atoms with Gasteiger partial charge in [-0.05, 0) is 13.0 Å². The predicted molar refractivity (Wildman–Crippen MR) is 61.2 cm³/mol. The first-order valence-corrected chi connectivity index (χ1v) is 5.30. The Morgan fingerprint density at radius 2 is 2.28 bits per heavy atom. The van der Waals surface area contributed by atoms with Gasteiger partial charge < -0.3 is 9.84 Å². The van der Waals surface area contributed by atoms with Crippen LogP contribution in [0.1, 0.15) is 19.4 Å². The average Bonchev–Trinajstić information content (AvgIpc) is 2.56. The van der Waals surface area contributed by atoms with Gasteiger partial charge >= 0.3 is 0 Å². The monoisotopic (exact) mass is 248 g/mol. The summed E-state index contributed by atoms with van der Waals surface area (Å²) in [7, 11) is 0. The molecule has 94 valence electrons. The number of ketones is 1. The van der Waals surface area contributed by atoms with E-state index >= 15 is 0 Å². The number of aliphatic hydroxyl groups is 1. The van der Waals surface area contributed by atoms with Crippen molar-refractivity contribution in [1.82, 2.24) is 10.3 Å². The Balaban J connectivity index is 2.36. The molecule has 0 aliphatic carbocycles. The molecule has 0 aromatic carbocycles. The summed E-state index contributed by atoms with van der Waals surface area (Å²) in [6.07, 6.45) is 3.04. The van der Waals surface area contributed by atoms with Crippen LogP contribution in [0.15, 0.2) is 36.2 Å². The third-order valence-electron chi connectivity index (χ3n) is 2.67. The summed E-state index contributed by atoms with van der Waals surface area (Å²) < 4.78 is 5.38. The molecule has 1 amide bonds. The lowest BCUT2D eigenvalue weighted by molar-refractivity contribution is -0.132. The number of nitrogens with zero attached hydrogens (tertiary/aromatic N) is 1. The molecular formula is C12H12N2O4. The molecule has 1 atom stereocenters. The zero-order valence-electron chi connectivity index (χ0n) is 9.93. The van der Waals surface area contributed by atoms with Gasteiger partial charge in [0, 0.05) is 24.9 Å². The van der Waals surface area contributed by atoms with E-state index in [0.717, 1.165) is 0 Å². The molecule has 2 N–H and O–H groups in total. The topological polar surface area (TPSA) is 88.5 Å². The molecule has 0 bridgehead atoms. The smallest absolute Gasteiger partial charge is 0.250 e. The number of Topliss-reactive ketones (excluding diaryl/α,β-unsaturated/α-hetero) is 1. The standard InChI is InChI=1S/C12H12N2O4/c1-7(15)14-11-9(16)10(17)12(2,18-11)8-4-3-5-13-6-8/h3-6,16H,1-2H3,(H,14,15). The van der Waals surface area contributed by atoms with Crippen LogP contribution in [0.25, 0.3) is 0 Å². The predicted octanol–water partition coefficient (Wildman–Crippen LogP) is 0.759. The first kappa shape index (κ1) is 12.1. The maximum absolute atomic E-state index is 12.0. The van der Waals surface area contributed by atoms with Crippen molar-refractivity contribution in [3.05, 3.63) is 41.7 Å². The maximum atomic E-state index is 12.0. The minimum Gasteiger partial charge on any atom is -0.501 e. The van der Waals surface area contributed by atoms with Crippen molar-refractivity contribution in [2.45, 2.75) is 19.4 Å². The van der Waals surface area contributed by atoms with Crippen molar-refractivity contribution < 1.29 is 19.4 Å². The van der Waals surface area contributed by atoms with Gasteiger partial charge in [-0.1, -0.05) is 6.07 Å². The van der Waals surface area contributed by atoms with Crippen LogP contribution in [-0.4, -0.2) is 21.8 Å². The van der Waals surface area contributed by atoms with Crippen LogP contribution in [0.4, 0.5) is 0 Å². The molecule has 0 saturated heterocycles. The van der Waals surface area contributed by atoms with E-state index in [1.165, 1.54) is 20.0 Å². The highest BCUT2D eigenvalue weighted by atomic mass is 16.5. The SMILES string of the molecule is CC(=O)NC1=C(O)C(=O)C(C)(c2cccnc2)O1. The molecule has 0 fully saturated rings. The van der Waals surface area contributed by atoms with Crippen molar-refractivity contribution in [2.24, 2.45) is 0 Å². The van der Waals surface area contributed by atoms with Gasteiger partial charge in [0.2, 0.25) is 23.2 Å². The number of nitrogens with one attached hydrogen (secondary N) is 1. The van der Waals surface area contributed by atoms with E-state index in [2.05, 4.69) is 10.3 Å². The summed E-state index contributed by atoms with van der Waals surface area (Å²) in [5, 5.41) is 11.9. The van der Waals surface area contributed by atoms with Gasteiger partial charge in [-0.15, -0.1) is 0 Å². The molecule has 6 heteroatoms. The summed E-state index contributed by atoms with van der Waals surface area (Å²) in [5.74, 6) is -1.85. The third kappa shape index (κ3) is 1.81. The molecule has 6 nitrogen and oxygen atoms in total. The number of rotatable bonds is 2. The molecular weight excluding hydrogens is 236 g/mol. The van der Waals surface area contributed by atoms with Gasteiger partial charge in [0.1, 0.15) is 0 Å². The van der Waals surface area contributed by atoms with Crippen molar-refractivity contribution in [3.8, 4) is 0 Å². The van der Waals surface area contributed by atoms with Gasteiger partial charge in [-0.2, -0.15) is 0 Å². The maximum Gasteiger partial charge on any atom is 0.250 e. The number of aromatic nitrogens is 1. The molecule has 18 heavy (non-hydrogen) atoms. The summed E-state index contributed by atoms with van der Waals surface area (Å²) >= 11 is 0. The van der Waals surface area contributed by atoms with Crippen LogP contribution in [0.5, 0.6) is 0 Å². The Bertz CT molecular complexity index is 538. The fourth-order valence-corrected chi connectivity index (χ4v) is 1.71. The number of hydrogen-bond acceptors (Lipinski definition) is 5. The Labute approximate surface area is 103 Å². The largest absolute Gasteiger partial charge is 0.501 e. The van der Waals surface area contributed by atoms with Crippen LogP contribution in [-0.2, 0) is 19.9 Å². The number of hydrogen-bond donors (Lipinski definition) is 2. The molecule has 1 unspecified atom stereocenters. The fourth-order valence-electron chi connectivity index (χ4n) is 1.71. The molecule has 0 saturated carbocycles. The first-order chi connectivity index (χ1) is 8.45. The van der Waals surface area contributed by atoms with Gasteiger partial charge in [-0.25, -0.2) is 0 Å². The normalized spacial score (nSPS) is 22.9. The van der Waals surface area contributed by atoms with Crippen LogP contribution in [0.3, 0.4) is 0 Å². The molecule has 1 aliphatic heterocycles. The minimum absolute atomic E-state index is 0.223. The van der Waals surface area contributed by atoms with Gasteiger partial charge in [-0.3, -0.25) is 19.9 Å². The van der Waals surface area contributed by atoms with E-state index in [4.69, 9.17) is 4.74 Å². The third-order valence-corrected chi connectivity index (χ3v) is 2.67. The van der Waals surface area contributed by atoms with E-state index in [9.17, 15) is 14.7 Å². The number of aliphatic hydroxyl groups excluding tert-OH is 1. The second-order valence-electron chi connectivity index (χ2n) is 4.07. The van der Waals surface area contributed by atoms with E-state index in [1.54, 1.807) is 18.3 Å². The van der Waals surface area contributed by atoms with Crippen LogP contribution >= 0.6 is 0 Å². The van der Waals surface area contributed by atoms with Gasteiger partial charge in [0.15, 0.2) is 0 Å². The number of ether oxygens (including phenoxy) is 1. The lowest BCUT2D eigenvalue weighted by Gasteiger charge is -2.22. The second-order valence-corrected chi connectivity index (χ2v) is 4.07. The molecule has 1 aliphatic rings. The lowest BCUT2D eigenvalue weighted by Crippen LogP contribution is -2.32. The zero-order chi connectivity index (χ0) is 13.3. The highest BCUT2D eigenvalue weighted by Gasteiger charge is 2.48. The van der Waals surface area contributed by atoms with Crippen molar-refractivity contribution in [1.29, 1.82) is 0 Å². The molecule has 1 aromatic rings. The quantitative estimate of drug-likeness (QED) is 0.806. The molecule has 1 aromatic heterocycles. The number of carbonyl (C=O) groups is 2. The highest BCUT2D eigenvalue weighted by Crippen LogP contribution is 2.36. The van der Waals surface area contributed by atoms with Crippen molar-refractivity contribution in [2.75, 3.05) is 0 Å². The van der Waals surface area contributed by atoms with Crippen molar-refractivity contribution in [3.63, 3.8) is 0 Å². The van der Waals surface area contributed by atoms with E-state index in [0.29, 0.717) is 5.56 Å². The molecule has 2 heterocycles. The van der Waals surface area contributed by atoms with Gasteiger partial charge in [0.25, 0.3) is 5.78 Å². The van der Waals surface area contributed by atoms with E-state index in [-0.39, 0.29) is 5.88 Å². The van der Waals surface area contributed by atoms with Crippen LogP contribution < -0.4 is 5.32 Å². The Morgan fingerprint density at radius 3 is 2.83 bits per heavy atom. The number of pyridine rings is 1. The molecule has 0 spiro atoms. The second kappa shape index (κ2) is 4.14. The highest BCUT2D eigenvalue weighted by molar-refractivity contribution is 6.03. The number of amides is 1. The average molecular weight is 248 g/mol.